The molecular weight excluding hydrogens is 354 g/mol. The minimum Gasteiger partial charge on any atom is -0.338 e. The van der Waals surface area contributed by atoms with E-state index in [2.05, 4.69) is 62.5 Å². The highest BCUT2D eigenvalue weighted by Crippen LogP contribution is 2.34. The maximum atomic E-state index is 6.08. The molecular formula is C21H19N5S. The molecule has 2 aromatic heterocycles. The van der Waals surface area contributed by atoms with Crippen molar-refractivity contribution in [2.24, 2.45) is 5.73 Å². The predicted octanol–water partition coefficient (Wildman–Crippen LogP) is 3.64. The van der Waals surface area contributed by atoms with Gasteiger partial charge in [0, 0.05) is 42.5 Å². The quantitative estimate of drug-likeness (QED) is 0.594. The molecule has 0 spiro atoms. The molecule has 0 amide bonds. The maximum absolute atomic E-state index is 6.08. The summed E-state index contributed by atoms with van der Waals surface area (Å²) < 4.78 is 0. The van der Waals surface area contributed by atoms with Crippen molar-refractivity contribution < 1.29 is 0 Å². The van der Waals surface area contributed by atoms with E-state index in [4.69, 9.17) is 5.73 Å². The fraction of sp³-hybridized carbons (Fsp3) is 0.190. The van der Waals surface area contributed by atoms with Crippen LogP contribution >= 0.6 is 11.3 Å². The summed E-state index contributed by atoms with van der Waals surface area (Å²) >= 11 is 1.63. The van der Waals surface area contributed by atoms with Crippen LogP contribution in [0, 0.1) is 0 Å². The molecule has 5 nitrogen and oxygen atoms in total. The Kier molecular flexibility index (Phi) is 4.07. The Morgan fingerprint density at radius 1 is 1.04 bits per heavy atom. The molecule has 0 bridgehead atoms. The number of aromatic nitrogens is 3. The highest BCUT2D eigenvalue weighted by molar-refractivity contribution is 7.18. The van der Waals surface area contributed by atoms with Crippen LogP contribution in [0.1, 0.15) is 11.1 Å². The molecule has 4 aromatic rings. The van der Waals surface area contributed by atoms with Crippen LogP contribution in [0.25, 0.3) is 21.3 Å². The van der Waals surface area contributed by atoms with Gasteiger partial charge in [0.05, 0.1) is 0 Å². The number of fused-ring (bicyclic) bond motifs is 2. The summed E-state index contributed by atoms with van der Waals surface area (Å²) in [5.41, 5.74) is 9.89. The van der Waals surface area contributed by atoms with Gasteiger partial charge in [0.2, 0.25) is 5.13 Å². The molecule has 3 heterocycles. The Morgan fingerprint density at radius 2 is 1.93 bits per heavy atom. The first kappa shape index (κ1) is 16.4. The van der Waals surface area contributed by atoms with E-state index in [0.717, 1.165) is 39.4 Å². The van der Waals surface area contributed by atoms with Crippen molar-refractivity contribution >= 4 is 27.2 Å². The fourth-order valence-electron chi connectivity index (χ4n) is 3.69. The van der Waals surface area contributed by atoms with Crippen LogP contribution in [-0.4, -0.2) is 27.8 Å². The van der Waals surface area contributed by atoms with Gasteiger partial charge in [-0.1, -0.05) is 47.7 Å². The van der Waals surface area contributed by atoms with Gasteiger partial charge in [0.15, 0.2) is 0 Å². The lowest BCUT2D eigenvalue weighted by molar-refractivity contribution is 0.558. The number of benzene rings is 2. The standard InChI is InChI=1S/C21H19N5S/c22-11-19-10-14-3-1-2-4-18(14)13-26(19)21-25-24-20(27-21)16-5-6-17-12-23-8-7-15(17)9-16/h1-9,12,19H,10-11,13,22H2/t19-/m1/s1. The predicted molar refractivity (Wildman–Crippen MR) is 110 cm³/mol. The van der Waals surface area contributed by atoms with Gasteiger partial charge >= 0.3 is 0 Å². The molecule has 134 valence electrons. The van der Waals surface area contributed by atoms with E-state index >= 15 is 0 Å². The van der Waals surface area contributed by atoms with Gasteiger partial charge in [-0.15, -0.1) is 10.2 Å². The van der Waals surface area contributed by atoms with Gasteiger partial charge in [-0.3, -0.25) is 4.98 Å². The molecule has 27 heavy (non-hydrogen) atoms. The Morgan fingerprint density at radius 3 is 2.81 bits per heavy atom. The van der Waals surface area contributed by atoms with Gasteiger partial charge in [-0.2, -0.15) is 0 Å². The van der Waals surface area contributed by atoms with Crippen LogP contribution in [0.15, 0.2) is 60.9 Å². The number of hydrogen-bond acceptors (Lipinski definition) is 6. The van der Waals surface area contributed by atoms with Crippen LogP contribution in [0.4, 0.5) is 5.13 Å². The normalized spacial score (nSPS) is 16.5. The maximum Gasteiger partial charge on any atom is 0.209 e. The zero-order valence-corrected chi connectivity index (χ0v) is 15.6. The van der Waals surface area contributed by atoms with Crippen molar-refractivity contribution in [2.75, 3.05) is 11.4 Å². The fourth-order valence-corrected chi connectivity index (χ4v) is 4.60. The topological polar surface area (TPSA) is 67.9 Å². The first-order valence-electron chi connectivity index (χ1n) is 9.03. The van der Waals surface area contributed by atoms with E-state index in [1.54, 1.807) is 11.3 Å². The van der Waals surface area contributed by atoms with Gasteiger partial charge in [-0.25, -0.2) is 0 Å². The van der Waals surface area contributed by atoms with Crippen molar-refractivity contribution in [3.05, 3.63) is 72.1 Å². The van der Waals surface area contributed by atoms with Crippen LogP contribution in [0.3, 0.4) is 0 Å². The molecule has 1 aliphatic rings. The second-order valence-corrected chi connectivity index (χ2v) is 7.77. The second kappa shape index (κ2) is 6.72. The summed E-state index contributed by atoms with van der Waals surface area (Å²) in [4.78, 5) is 6.47. The first-order chi connectivity index (χ1) is 13.3. The van der Waals surface area contributed by atoms with Gasteiger partial charge in [0.25, 0.3) is 0 Å². The van der Waals surface area contributed by atoms with Crippen molar-refractivity contribution in [1.82, 2.24) is 15.2 Å². The third-order valence-electron chi connectivity index (χ3n) is 5.18. The molecule has 0 unspecified atom stereocenters. The van der Waals surface area contributed by atoms with Crippen LogP contribution in [-0.2, 0) is 13.0 Å². The number of nitrogens with zero attached hydrogens (tertiary/aromatic N) is 4. The number of hydrogen-bond donors (Lipinski definition) is 1. The Hall–Kier alpha value is -2.83. The highest BCUT2D eigenvalue weighted by Gasteiger charge is 2.27. The van der Waals surface area contributed by atoms with Gasteiger partial charge in [0.1, 0.15) is 5.01 Å². The van der Waals surface area contributed by atoms with Crippen molar-refractivity contribution in [3.8, 4) is 10.6 Å². The van der Waals surface area contributed by atoms with E-state index in [-0.39, 0.29) is 6.04 Å². The van der Waals surface area contributed by atoms with E-state index < -0.39 is 0 Å². The molecule has 0 saturated carbocycles. The zero-order chi connectivity index (χ0) is 18.2. The van der Waals surface area contributed by atoms with E-state index in [0.29, 0.717) is 6.54 Å². The summed E-state index contributed by atoms with van der Waals surface area (Å²) in [7, 11) is 0. The lowest BCUT2D eigenvalue weighted by atomic mass is 9.94. The highest BCUT2D eigenvalue weighted by atomic mass is 32.1. The summed E-state index contributed by atoms with van der Waals surface area (Å²) in [6.45, 7) is 1.43. The average molecular weight is 373 g/mol. The summed E-state index contributed by atoms with van der Waals surface area (Å²) in [6.07, 6.45) is 4.64. The lowest BCUT2D eigenvalue weighted by Crippen LogP contribution is -2.45. The van der Waals surface area contributed by atoms with E-state index in [9.17, 15) is 0 Å². The minimum absolute atomic E-state index is 0.253. The number of pyridine rings is 1. The molecule has 0 saturated heterocycles. The number of rotatable bonds is 3. The lowest BCUT2D eigenvalue weighted by Gasteiger charge is -2.35. The third kappa shape index (κ3) is 2.97. The first-order valence-corrected chi connectivity index (χ1v) is 9.84. The minimum atomic E-state index is 0.253. The monoisotopic (exact) mass is 373 g/mol. The Bertz CT molecular complexity index is 1110. The van der Waals surface area contributed by atoms with Crippen molar-refractivity contribution in [1.29, 1.82) is 0 Å². The summed E-state index contributed by atoms with van der Waals surface area (Å²) in [5.74, 6) is 0. The zero-order valence-electron chi connectivity index (χ0n) is 14.7. The average Bonchev–Trinajstić information content (AvgIpc) is 3.22. The van der Waals surface area contributed by atoms with E-state index in [1.807, 2.05) is 18.5 Å². The molecule has 0 fully saturated rings. The summed E-state index contributed by atoms with van der Waals surface area (Å²) in [6, 6.07) is 17.2. The van der Waals surface area contributed by atoms with Crippen LogP contribution < -0.4 is 10.6 Å². The van der Waals surface area contributed by atoms with E-state index in [1.165, 1.54) is 11.1 Å². The summed E-state index contributed by atoms with van der Waals surface area (Å²) in [5, 5.41) is 13.1. The smallest absolute Gasteiger partial charge is 0.209 e. The van der Waals surface area contributed by atoms with Crippen LogP contribution in [0.5, 0.6) is 0 Å². The van der Waals surface area contributed by atoms with Crippen molar-refractivity contribution in [2.45, 2.75) is 19.0 Å². The molecule has 6 heteroatoms. The Labute approximate surface area is 161 Å². The molecule has 5 rings (SSSR count). The number of nitrogens with two attached hydrogens (primary N) is 1. The molecule has 0 aliphatic carbocycles. The van der Waals surface area contributed by atoms with Gasteiger partial charge < -0.3 is 10.6 Å². The second-order valence-electron chi connectivity index (χ2n) is 6.82. The molecule has 1 aliphatic heterocycles. The Balaban J connectivity index is 1.49. The molecule has 1 atom stereocenters. The largest absolute Gasteiger partial charge is 0.338 e. The molecule has 0 radical (unpaired) electrons. The SMILES string of the molecule is NC[C@H]1Cc2ccccc2CN1c1nnc(-c2ccc3cnccc3c2)s1. The number of anilines is 1. The third-order valence-corrected chi connectivity index (χ3v) is 6.18. The van der Waals surface area contributed by atoms with Gasteiger partial charge in [-0.05, 0) is 35.1 Å². The van der Waals surface area contributed by atoms with Crippen LogP contribution in [0.2, 0.25) is 0 Å². The van der Waals surface area contributed by atoms with Crippen molar-refractivity contribution in [3.63, 3.8) is 0 Å². The molecule has 2 N–H and O–H groups in total. The molecule has 2 aromatic carbocycles.